The van der Waals surface area contributed by atoms with E-state index in [2.05, 4.69) is 5.32 Å². The van der Waals surface area contributed by atoms with Gasteiger partial charge in [-0.15, -0.1) is 0 Å². The molecule has 1 unspecified atom stereocenters. The van der Waals surface area contributed by atoms with E-state index in [1.165, 1.54) is 11.4 Å². The molecule has 1 saturated heterocycles. The molecule has 1 aromatic rings. The third kappa shape index (κ3) is 2.66. The largest absolute Gasteiger partial charge is 0.497 e. The molecule has 100 valence electrons. The highest BCUT2D eigenvalue weighted by molar-refractivity contribution is 7.89. The minimum absolute atomic E-state index is 0.180. The fourth-order valence-electron chi connectivity index (χ4n) is 2.03. The van der Waals surface area contributed by atoms with Crippen LogP contribution in [0.15, 0.2) is 29.2 Å². The number of hydrogen-bond acceptors (Lipinski definition) is 4. The first kappa shape index (κ1) is 13.3. The SMILES string of the molecule is COc1cccc(S(=O)(=O)N2CCNC(C)C2)c1. The zero-order valence-corrected chi connectivity index (χ0v) is 11.4. The Kier molecular flexibility index (Phi) is 3.89. The summed E-state index contributed by atoms with van der Waals surface area (Å²) in [6.45, 7) is 3.67. The predicted octanol–water partition coefficient (Wildman–Crippen LogP) is 0.678. The Morgan fingerprint density at radius 3 is 2.89 bits per heavy atom. The zero-order chi connectivity index (χ0) is 13.2. The van der Waals surface area contributed by atoms with Crippen molar-refractivity contribution >= 4 is 10.0 Å². The summed E-state index contributed by atoms with van der Waals surface area (Å²) in [6, 6.07) is 6.77. The Labute approximate surface area is 108 Å². The monoisotopic (exact) mass is 270 g/mol. The lowest BCUT2D eigenvalue weighted by atomic mass is 10.3. The maximum Gasteiger partial charge on any atom is 0.243 e. The van der Waals surface area contributed by atoms with Crippen molar-refractivity contribution < 1.29 is 13.2 Å². The fraction of sp³-hybridized carbons (Fsp3) is 0.500. The van der Waals surface area contributed by atoms with Crippen LogP contribution >= 0.6 is 0 Å². The Bertz CT molecular complexity index is 516. The van der Waals surface area contributed by atoms with Crippen LogP contribution in [0.25, 0.3) is 0 Å². The predicted molar refractivity (Wildman–Crippen MR) is 69.2 cm³/mol. The van der Waals surface area contributed by atoms with Crippen LogP contribution in [0.4, 0.5) is 0 Å². The minimum Gasteiger partial charge on any atom is -0.497 e. The quantitative estimate of drug-likeness (QED) is 0.877. The highest BCUT2D eigenvalue weighted by atomic mass is 32.2. The average molecular weight is 270 g/mol. The third-order valence-corrected chi connectivity index (χ3v) is 4.87. The summed E-state index contributed by atoms with van der Waals surface area (Å²) in [6.07, 6.45) is 0. The van der Waals surface area contributed by atoms with E-state index < -0.39 is 10.0 Å². The van der Waals surface area contributed by atoms with Crippen molar-refractivity contribution in [3.05, 3.63) is 24.3 Å². The highest BCUT2D eigenvalue weighted by Crippen LogP contribution is 2.21. The number of piperazine rings is 1. The van der Waals surface area contributed by atoms with Crippen LogP contribution in [0.2, 0.25) is 0 Å². The lowest BCUT2D eigenvalue weighted by Gasteiger charge is -2.31. The van der Waals surface area contributed by atoms with Crippen LogP contribution in [0.5, 0.6) is 5.75 Å². The van der Waals surface area contributed by atoms with E-state index >= 15 is 0 Å². The molecule has 1 N–H and O–H groups in total. The van der Waals surface area contributed by atoms with E-state index in [-0.39, 0.29) is 10.9 Å². The molecule has 0 aromatic heterocycles. The van der Waals surface area contributed by atoms with Crippen molar-refractivity contribution in [2.45, 2.75) is 17.9 Å². The topological polar surface area (TPSA) is 58.6 Å². The molecule has 0 radical (unpaired) electrons. The molecule has 6 heteroatoms. The van der Waals surface area contributed by atoms with Crippen LogP contribution in [0, 0.1) is 0 Å². The normalized spacial score (nSPS) is 21.8. The molecule has 1 atom stereocenters. The molecule has 1 aromatic carbocycles. The minimum atomic E-state index is -3.41. The standard InChI is InChI=1S/C12H18N2O3S/c1-10-9-14(7-6-13-10)18(15,16)12-5-3-4-11(8-12)17-2/h3-5,8,10,13H,6-7,9H2,1-2H3. The maximum atomic E-state index is 12.4. The Balaban J connectivity index is 2.29. The summed E-state index contributed by atoms with van der Waals surface area (Å²) in [5.74, 6) is 0.555. The van der Waals surface area contributed by atoms with Gasteiger partial charge in [-0.25, -0.2) is 8.42 Å². The van der Waals surface area contributed by atoms with Crippen molar-refractivity contribution in [1.82, 2.24) is 9.62 Å². The van der Waals surface area contributed by atoms with E-state index in [1.54, 1.807) is 24.3 Å². The van der Waals surface area contributed by atoms with Gasteiger partial charge in [0.1, 0.15) is 5.75 Å². The second kappa shape index (κ2) is 5.26. The molecule has 0 aliphatic carbocycles. The highest BCUT2D eigenvalue weighted by Gasteiger charge is 2.28. The van der Waals surface area contributed by atoms with E-state index in [4.69, 9.17) is 4.74 Å². The van der Waals surface area contributed by atoms with Crippen LogP contribution in [0.1, 0.15) is 6.92 Å². The molecule has 2 rings (SSSR count). The summed E-state index contributed by atoms with van der Waals surface area (Å²) in [7, 11) is -1.89. The van der Waals surface area contributed by atoms with Crippen LogP contribution in [0.3, 0.4) is 0 Å². The summed E-state index contributed by atoms with van der Waals surface area (Å²) < 4.78 is 31.5. The molecule has 1 fully saturated rings. The first-order valence-electron chi connectivity index (χ1n) is 5.91. The Morgan fingerprint density at radius 2 is 2.22 bits per heavy atom. The Morgan fingerprint density at radius 1 is 1.44 bits per heavy atom. The molecule has 5 nitrogen and oxygen atoms in total. The second-order valence-corrected chi connectivity index (χ2v) is 6.34. The summed E-state index contributed by atoms with van der Waals surface area (Å²) in [4.78, 5) is 0.288. The van der Waals surface area contributed by atoms with E-state index in [0.717, 1.165) is 0 Å². The average Bonchev–Trinajstić information content (AvgIpc) is 2.39. The Hall–Kier alpha value is -1.11. The zero-order valence-electron chi connectivity index (χ0n) is 10.6. The van der Waals surface area contributed by atoms with Crippen molar-refractivity contribution in [2.75, 3.05) is 26.7 Å². The second-order valence-electron chi connectivity index (χ2n) is 4.40. The van der Waals surface area contributed by atoms with Gasteiger partial charge in [0.2, 0.25) is 10.0 Å². The van der Waals surface area contributed by atoms with Crippen molar-refractivity contribution in [2.24, 2.45) is 0 Å². The van der Waals surface area contributed by atoms with Gasteiger partial charge in [-0.1, -0.05) is 6.07 Å². The molecule has 0 bridgehead atoms. The molecular weight excluding hydrogens is 252 g/mol. The number of hydrogen-bond donors (Lipinski definition) is 1. The van der Waals surface area contributed by atoms with Crippen LogP contribution in [-0.4, -0.2) is 45.5 Å². The van der Waals surface area contributed by atoms with Crippen molar-refractivity contribution in [3.8, 4) is 5.75 Å². The maximum absolute atomic E-state index is 12.4. The molecule has 18 heavy (non-hydrogen) atoms. The fourth-order valence-corrected chi connectivity index (χ4v) is 3.59. The van der Waals surface area contributed by atoms with Crippen molar-refractivity contribution in [1.29, 1.82) is 0 Å². The molecule has 0 saturated carbocycles. The van der Waals surface area contributed by atoms with E-state index in [9.17, 15) is 8.42 Å². The number of methoxy groups -OCH3 is 1. The van der Waals surface area contributed by atoms with Gasteiger partial charge in [-0.05, 0) is 19.1 Å². The van der Waals surface area contributed by atoms with E-state index in [0.29, 0.717) is 25.4 Å². The number of rotatable bonds is 3. The number of sulfonamides is 1. The summed E-state index contributed by atoms with van der Waals surface area (Å²) in [5.41, 5.74) is 0. The number of nitrogens with one attached hydrogen (secondary N) is 1. The third-order valence-electron chi connectivity index (χ3n) is 3.01. The first-order chi connectivity index (χ1) is 8.54. The van der Waals surface area contributed by atoms with Gasteiger partial charge in [-0.2, -0.15) is 4.31 Å². The lowest BCUT2D eigenvalue weighted by molar-refractivity contribution is 0.310. The number of ether oxygens (including phenoxy) is 1. The molecule has 1 aliphatic rings. The van der Waals surface area contributed by atoms with Gasteiger partial charge in [0.15, 0.2) is 0 Å². The molecule has 0 spiro atoms. The number of benzene rings is 1. The molecule has 0 amide bonds. The van der Waals surface area contributed by atoms with Crippen LogP contribution < -0.4 is 10.1 Å². The smallest absolute Gasteiger partial charge is 0.243 e. The van der Waals surface area contributed by atoms with E-state index in [1.807, 2.05) is 6.92 Å². The molecular formula is C12H18N2O3S. The van der Waals surface area contributed by atoms with Crippen LogP contribution in [-0.2, 0) is 10.0 Å². The molecule has 1 aliphatic heterocycles. The summed E-state index contributed by atoms with van der Waals surface area (Å²) in [5, 5.41) is 3.23. The number of nitrogens with zero attached hydrogens (tertiary/aromatic N) is 1. The summed E-state index contributed by atoms with van der Waals surface area (Å²) >= 11 is 0. The van der Waals surface area contributed by atoms with Gasteiger partial charge in [0, 0.05) is 31.7 Å². The first-order valence-corrected chi connectivity index (χ1v) is 7.35. The van der Waals surface area contributed by atoms with Gasteiger partial charge in [0.25, 0.3) is 0 Å². The van der Waals surface area contributed by atoms with Gasteiger partial charge >= 0.3 is 0 Å². The van der Waals surface area contributed by atoms with Gasteiger partial charge < -0.3 is 10.1 Å². The molecule has 1 heterocycles. The van der Waals surface area contributed by atoms with Crippen molar-refractivity contribution in [3.63, 3.8) is 0 Å². The lowest BCUT2D eigenvalue weighted by Crippen LogP contribution is -2.51. The van der Waals surface area contributed by atoms with Gasteiger partial charge in [-0.3, -0.25) is 0 Å². The van der Waals surface area contributed by atoms with Gasteiger partial charge in [0.05, 0.1) is 12.0 Å².